The molecule has 1 unspecified atom stereocenters. The summed E-state index contributed by atoms with van der Waals surface area (Å²) < 4.78 is 0. The molecule has 2 rings (SSSR count). The minimum atomic E-state index is -0.0788. The van der Waals surface area contributed by atoms with E-state index in [0.29, 0.717) is 12.0 Å². The summed E-state index contributed by atoms with van der Waals surface area (Å²) in [5.74, 6) is 0.0431. The van der Waals surface area contributed by atoms with E-state index < -0.39 is 0 Å². The molecule has 0 spiro atoms. The maximum Gasteiger partial charge on any atom is 2.00 e. The van der Waals surface area contributed by atoms with E-state index in [1.54, 1.807) is 12.2 Å². The van der Waals surface area contributed by atoms with E-state index in [2.05, 4.69) is 11.4 Å². The van der Waals surface area contributed by atoms with Crippen LogP contribution in [0.15, 0.2) is 29.0 Å². The Morgan fingerprint density at radius 1 is 1.60 bits per heavy atom. The number of aliphatic hydroxyl groups is 1. The topological polar surface area (TPSA) is 49.3 Å². The number of hydrogen-bond acceptors (Lipinski definition) is 3. The van der Waals surface area contributed by atoms with Crippen LogP contribution in [0.3, 0.4) is 0 Å². The number of ketones is 1. The number of carbonyl (C=O) groups is 1. The van der Waals surface area contributed by atoms with E-state index in [1.165, 1.54) is 0 Å². The second kappa shape index (κ2) is 4.91. The van der Waals surface area contributed by atoms with E-state index in [-0.39, 0.29) is 39.5 Å². The normalized spacial score (nSPS) is 23.2. The number of allylic oxidation sites excluding steroid dienone is 3. The molecule has 0 aromatic heterocycles. The monoisotopic (exact) mass is 374 g/mol. The van der Waals surface area contributed by atoms with Crippen LogP contribution < -0.4 is 5.32 Å². The minimum absolute atomic E-state index is 0. The largest absolute Gasteiger partial charge is 2.00 e. The summed E-state index contributed by atoms with van der Waals surface area (Å²) in [6.07, 6.45) is 7.00. The third-order valence-electron chi connectivity index (χ3n) is 2.55. The molecule has 0 saturated carbocycles. The van der Waals surface area contributed by atoms with Crippen LogP contribution in [0.4, 0.5) is 0 Å². The van der Waals surface area contributed by atoms with Gasteiger partial charge < -0.3 is 10.4 Å². The van der Waals surface area contributed by atoms with Crippen molar-refractivity contribution in [2.75, 3.05) is 6.61 Å². The number of nitrogens with one attached hydrogen (secondary N) is 1. The SMILES string of the molecule is CC1=C(CCO)C(=O)C2=CC=[C-]C2N1.[W+2]. The van der Waals surface area contributed by atoms with E-state index in [9.17, 15) is 4.79 Å². The number of Topliss-reactive ketones (excluding diaryl/α,β-unsaturated/α-hetero) is 1. The van der Waals surface area contributed by atoms with Crippen molar-refractivity contribution in [3.63, 3.8) is 0 Å². The van der Waals surface area contributed by atoms with E-state index in [1.807, 2.05) is 6.92 Å². The Bertz CT molecular complexity index is 369. The van der Waals surface area contributed by atoms with Gasteiger partial charge in [-0.05, 0) is 13.0 Å². The van der Waals surface area contributed by atoms with Gasteiger partial charge in [-0.25, -0.2) is 18.2 Å². The Kier molecular flexibility index (Phi) is 4.06. The summed E-state index contributed by atoms with van der Waals surface area (Å²) in [6, 6.07) is -0.0788. The summed E-state index contributed by atoms with van der Waals surface area (Å²) >= 11 is 0. The second-order valence-corrected chi connectivity index (χ2v) is 3.44. The molecule has 0 radical (unpaired) electrons. The van der Waals surface area contributed by atoms with Gasteiger partial charge in [0.1, 0.15) is 0 Å². The van der Waals surface area contributed by atoms with Crippen molar-refractivity contribution in [2.24, 2.45) is 0 Å². The van der Waals surface area contributed by atoms with Crippen molar-refractivity contribution in [3.8, 4) is 0 Å². The van der Waals surface area contributed by atoms with Crippen molar-refractivity contribution in [2.45, 2.75) is 19.4 Å². The minimum Gasteiger partial charge on any atom is -0.396 e. The molecular weight excluding hydrogens is 362 g/mol. The molecule has 0 amide bonds. The number of rotatable bonds is 2. The predicted molar refractivity (Wildman–Crippen MR) is 52.2 cm³/mol. The van der Waals surface area contributed by atoms with Crippen LogP contribution >= 0.6 is 0 Å². The maximum absolute atomic E-state index is 11.9. The Morgan fingerprint density at radius 3 is 3.00 bits per heavy atom. The zero-order chi connectivity index (χ0) is 10.1. The fourth-order valence-corrected chi connectivity index (χ4v) is 1.81. The molecule has 0 fully saturated rings. The fraction of sp³-hybridized carbons (Fsp3) is 0.364. The molecule has 4 heteroatoms. The summed E-state index contributed by atoms with van der Waals surface area (Å²) in [7, 11) is 0. The van der Waals surface area contributed by atoms with Gasteiger partial charge in [0.25, 0.3) is 0 Å². The zero-order valence-corrected chi connectivity index (χ0v) is 11.3. The zero-order valence-electron chi connectivity index (χ0n) is 8.41. The number of carbonyl (C=O) groups excluding carboxylic acids is 1. The van der Waals surface area contributed by atoms with Crippen LogP contribution in [0.2, 0.25) is 0 Å². The van der Waals surface area contributed by atoms with Gasteiger partial charge in [0.15, 0.2) is 5.78 Å². The van der Waals surface area contributed by atoms with Crippen LogP contribution in [-0.2, 0) is 25.9 Å². The molecule has 1 aliphatic carbocycles. The molecule has 0 aromatic rings. The maximum atomic E-state index is 11.9. The van der Waals surface area contributed by atoms with Gasteiger partial charge >= 0.3 is 21.1 Å². The van der Waals surface area contributed by atoms with Crippen LogP contribution in [0, 0.1) is 6.08 Å². The Hall–Kier alpha value is -0.662. The number of fused-ring (bicyclic) bond motifs is 1. The molecule has 0 saturated heterocycles. The molecule has 3 nitrogen and oxygen atoms in total. The first-order valence-corrected chi connectivity index (χ1v) is 4.65. The molecule has 15 heavy (non-hydrogen) atoms. The van der Waals surface area contributed by atoms with Crippen molar-refractivity contribution >= 4 is 5.78 Å². The van der Waals surface area contributed by atoms with Crippen molar-refractivity contribution < 1.29 is 31.0 Å². The molecule has 78 valence electrons. The second-order valence-electron chi connectivity index (χ2n) is 3.44. The first kappa shape index (κ1) is 12.4. The third kappa shape index (κ3) is 2.14. The van der Waals surface area contributed by atoms with Gasteiger partial charge in [0, 0.05) is 24.3 Å². The first-order valence-electron chi connectivity index (χ1n) is 4.65. The van der Waals surface area contributed by atoms with Crippen molar-refractivity contribution in [1.82, 2.24) is 5.32 Å². The van der Waals surface area contributed by atoms with Crippen LogP contribution in [0.1, 0.15) is 13.3 Å². The Balaban J connectivity index is 0.00000112. The summed E-state index contributed by atoms with van der Waals surface area (Å²) in [5.41, 5.74) is 2.28. The van der Waals surface area contributed by atoms with Gasteiger partial charge in [-0.3, -0.25) is 4.79 Å². The van der Waals surface area contributed by atoms with Crippen molar-refractivity contribution in [3.05, 3.63) is 35.1 Å². The third-order valence-corrected chi connectivity index (χ3v) is 2.55. The standard InChI is InChI=1S/C11H12NO2.W/c1-7-8(5-6-13)11(14)9-3-2-4-10(9)12-7;/h2-3,10,12-13H,5-6H2,1H3;/q-1;+2. The molecule has 0 bridgehead atoms. The van der Waals surface area contributed by atoms with E-state index in [0.717, 1.165) is 11.3 Å². The number of hydrogen-bond donors (Lipinski definition) is 2. The van der Waals surface area contributed by atoms with Gasteiger partial charge in [0.2, 0.25) is 0 Å². The Morgan fingerprint density at radius 2 is 2.33 bits per heavy atom. The Labute approximate surface area is 103 Å². The van der Waals surface area contributed by atoms with Crippen LogP contribution in [0.5, 0.6) is 0 Å². The summed E-state index contributed by atoms with van der Waals surface area (Å²) in [4.78, 5) is 11.9. The quantitative estimate of drug-likeness (QED) is 0.692. The molecule has 1 aliphatic heterocycles. The molecular formula is C11H12NO2W+. The van der Waals surface area contributed by atoms with Crippen LogP contribution in [0.25, 0.3) is 0 Å². The van der Waals surface area contributed by atoms with Gasteiger partial charge in [-0.1, -0.05) is 5.57 Å². The first-order chi connectivity index (χ1) is 6.74. The molecule has 2 aliphatic rings. The molecule has 1 heterocycles. The molecule has 0 aromatic carbocycles. The summed E-state index contributed by atoms with van der Waals surface area (Å²) in [5, 5.41) is 12.0. The van der Waals surface area contributed by atoms with Crippen molar-refractivity contribution in [1.29, 1.82) is 0 Å². The smallest absolute Gasteiger partial charge is 0.396 e. The average Bonchev–Trinajstić information content (AvgIpc) is 2.60. The number of aliphatic hydroxyl groups excluding tert-OH is 1. The summed E-state index contributed by atoms with van der Waals surface area (Å²) in [6.45, 7) is 1.87. The van der Waals surface area contributed by atoms with E-state index in [4.69, 9.17) is 5.11 Å². The van der Waals surface area contributed by atoms with Crippen LogP contribution in [-0.4, -0.2) is 23.5 Å². The molecule has 2 N–H and O–H groups in total. The predicted octanol–water partition coefficient (Wildman–Crippen LogP) is 0.481. The van der Waals surface area contributed by atoms with Gasteiger partial charge in [-0.15, -0.1) is 0 Å². The van der Waals surface area contributed by atoms with Gasteiger partial charge in [0.05, 0.1) is 0 Å². The average molecular weight is 374 g/mol. The fourth-order valence-electron chi connectivity index (χ4n) is 1.81. The van der Waals surface area contributed by atoms with Gasteiger partial charge in [-0.2, -0.15) is 0 Å². The van der Waals surface area contributed by atoms with E-state index >= 15 is 0 Å². The molecule has 1 atom stereocenters.